The Morgan fingerprint density at radius 2 is 2.09 bits per heavy atom. The lowest BCUT2D eigenvalue weighted by Gasteiger charge is -2.23. The number of aromatic nitrogens is 2. The van der Waals surface area contributed by atoms with Crippen molar-refractivity contribution in [3.05, 3.63) is 71.8 Å². The predicted molar refractivity (Wildman–Crippen MR) is 140 cm³/mol. The van der Waals surface area contributed by atoms with Crippen molar-refractivity contribution in [3.8, 4) is 0 Å². The molecule has 8 nitrogen and oxygen atoms in total. The van der Waals surface area contributed by atoms with Crippen LogP contribution in [0.15, 0.2) is 59.8 Å². The molecule has 0 bridgehead atoms. The number of rotatable bonds is 7. The van der Waals surface area contributed by atoms with Crippen LogP contribution in [-0.2, 0) is 15.8 Å². The molecule has 4 atom stereocenters. The molecule has 1 aliphatic heterocycles. The van der Waals surface area contributed by atoms with Crippen molar-refractivity contribution in [3.63, 3.8) is 0 Å². The number of anilines is 2. The van der Waals surface area contributed by atoms with Gasteiger partial charge in [-0.15, -0.1) is 0 Å². The summed E-state index contributed by atoms with van der Waals surface area (Å²) in [6, 6.07) is 12.6. The summed E-state index contributed by atoms with van der Waals surface area (Å²) in [4.78, 5) is 19.8. The van der Waals surface area contributed by atoms with Gasteiger partial charge in [-0.25, -0.2) is 13.6 Å². The highest BCUT2D eigenvalue weighted by Gasteiger charge is 2.32. The number of nitrogens with zero attached hydrogens (tertiary/aromatic N) is 3. The molecule has 1 aromatic heterocycles. The fourth-order valence-electron chi connectivity index (χ4n) is 4.50. The van der Waals surface area contributed by atoms with Crippen molar-refractivity contribution in [2.45, 2.75) is 30.2 Å². The van der Waals surface area contributed by atoms with E-state index < -0.39 is 11.0 Å². The first-order valence-corrected chi connectivity index (χ1v) is 13.0. The van der Waals surface area contributed by atoms with Crippen LogP contribution in [0.3, 0.4) is 0 Å². The summed E-state index contributed by atoms with van der Waals surface area (Å²) in [5.41, 5.74) is 2.47. The third kappa shape index (κ3) is 5.26. The molecule has 1 amide bonds. The first-order chi connectivity index (χ1) is 16.5. The fourth-order valence-corrected chi connectivity index (χ4v) is 5.88. The van der Waals surface area contributed by atoms with Crippen LogP contribution in [0.4, 0.5) is 15.2 Å². The van der Waals surface area contributed by atoms with E-state index in [1.54, 1.807) is 12.1 Å². The highest BCUT2D eigenvalue weighted by Crippen LogP contribution is 2.37. The van der Waals surface area contributed by atoms with Gasteiger partial charge in [-0.05, 0) is 42.3 Å². The Labute approximate surface area is 212 Å². The summed E-state index contributed by atoms with van der Waals surface area (Å²) < 4.78 is 33.2. The number of carbonyl (C=O) groups excluding carboxylic acids is 1. The Hall–Kier alpha value is -3.15. The molecule has 11 heteroatoms. The van der Waals surface area contributed by atoms with Gasteiger partial charge in [-0.3, -0.25) is 9.52 Å². The summed E-state index contributed by atoms with van der Waals surface area (Å²) >= 11 is 1.15. The van der Waals surface area contributed by atoms with Gasteiger partial charge in [0.05, 0.1) is 4.90 Å². The zero-order chi connectivity index (χ0) is 23.7. The number of benzene rings is 2. The van der Waals surface area contributed by atoms with Crippen molar-refractivity contribution < 1.29 is 21.7 Å². The fraction of sp³-hybridized carbons (Fsp3) is 0.292. The van der Waals surface area contributed by atoms with E-state index in [1.165, 1.54) is 12.4 Å². The van der Waals surface area contributed by atoms with Gasteiger partial charge in [0.15, 0.2) is 11.0 Å². The number of carbonyl (C=O) groups is 1. The maximum Gasteiger partial charge on any atom is 0.224 e. The van der Waals surface area contributed by atoms with Crippen LogP contribution in [0.5, 0.6) is 0 Å². The summed E-state index contributed by atoms with van der Waals surface area (Å²) in [5.74, 6) is -0.679. The van der Waals surface area contributed by atoms with Gasteiger partial charge >= 0.3 is 0 Å². The molecule has 1 fully saturated rings. The lowest BCUT2D eigenvalue weighted by Crippen LogP contribution is -2.41. The highest BCUT2D eigenvalue weighted by atomic mass is 32.2. The Balaban J connectivity index is 0.00000160. The van der Waals surface area contributed by atoms with Crippen molar-refractivity contribution in [1.29, 1.82) is 0 Å². The molecular weight excluding hydrogens is 489 g/mol. The minimum atomic E-state index is -1.41. The number of halogens is 1. The number of hydrogen-bond acceptors (Lipinski definition) is 6. The normalized spacial score (nSPS) is 20.1. The third-order valence-electron chi connectivity index (χ3n) is 6.36. The van der Waals surface area contributed by atoms with Gasteiger partial charge in [-0.2, -0.15) is 4.37 Å². The second kappa shape index (κ2) is 10.6. The van der Waals surface area contributed by atoms with Crippen molar-refractivity contribution in [2.75, 3.05) is 22.7 Å². The van der Waals surface area contributed by atoms with E-state index in [0.29, 0.717) is 22.1 Å². The molecule has 2 aliphatic rings. The van der Waals surface area contributed by atoms with Crippen LogP contribution in [0, 0.1) is 11.7 Å². The van der Waals surface area contributed by atoms with Gasteiger partial charge in [0, 0.05) is 56.6 Å². The monoisotopic (exact) mass is 519 g/mol. The maximum atomic E-state index is 14.0. The van der Waals surface area contributed by atoms with Gasteiger partial charge in [0.25, 0.3) is 0 Å². The van der Waals surface area contributed by atoms with E-state index in [-0.39, 0.29) is 37.9 Å². The van der Waals surface area contributed by atoms with Crippen LogP contribution < -0.4 is 14.9 Å². The molecule has 1 saturated heterocycles. The molecule has 188 valence electrons. The molecule has 0 spiro atoms. The first-order valence-electron chi connectivity index (χ1n) is 11.1. The molecule has 3 aromatic rings. The number of amides is 1. The van der Waals surface area contributed by atoms with Gasteiger partial charge in [0.2, 0.25) is 11.0 Å². The minimum absolute atomic E-state index is 0. The van der Waals surface area contributed by atoms with Crippen LogP contribution in [0.2, 0.25) is 0 Å². The molecule has 0 saturated carbocycles. The smallest absolute Gasteiger partial charge is 0.224 e. The largest absolute Gasteiger partial charge is 0.412 e. The topological polar surface area (TPSA) is 119 Å². The molecule has 2 aromatic carbocycles. The van der Waals surface area contributed by atoms with E-state index in [0.717, 1.165) is 35.7 Å². The van der Waals surface area contributed by atoms with E-state index in [1.807, 2.05) is 43.3 Å². The van der Waals surface area contributed by atoms with Crippen LogP contribution in [0.25, 0.3) is 6.08 Å². The third-order valence-corrected chi connectivity index (χ3v) is 8.15. The first kappa shape index (κ1) is 25.0. The average Bonchev–Trinajstić information content (AvgIpc) is 3.60. The molecule has 2 unspecified atom stereocenters. The zero-order valence-electron chi connectivity index (χ0n) is 19.0. The summed E-state index contributed by atoms with van der Waals surface area (Å²) in [5, 5.41) is 3.69. The maximum absolute atomic E-state index is 14.0. The number of hydrogen-bond donors (Lipinski definition) is 2. The van der Waals surface area contributed by atoms with Gasteiger partial charge < -0.3 is 15.7 Å². The van der Waals surface area contributed by atoms with E-state index in [2.05, 4.69) is 24.3 Å². The Bertz CT molecular complexity index is 1250. The summed E-state index contributed by atoms with van der Waals surface area (Å²) in [7, 11) is -1.41. The second-order valence-corrected chi connectivity index (χ2v) is 10.5. The number of fused-ring (bicyclic) bond motifs is 1. The summed E-state index contributed by atoms with van der Waals surface area (Å²) in [6.07, 6.45) is 5.96. The highest BCUT2D eigenvalue weighted by molar-refractivity contribution is 7.86. The Morgan fingerprint density at radius 1 is 1.29 bits per heavy atom. The van der Waals surface area contributed by atoms with E-state index in [9.17, 15) is 13.4 Å². The van der Waals surface area contributed by atoms with Crippen molar-refractivity contribution >= 4 is 45.3 Å². The minimum Gasteiger partial charge on any atom is -0.412 e. The molecular formula is C24H30FN5O3S2. The Kier molecular flexibility index (Phi) is 7.58. The van der Waals surface area contributed by atoms with Crippen molar-refractivity contribution in [2.24, 2.45) is 5.92 Å². The SMILES string of the molecule is C[C@H](C(=O)N[C@@H]1CCN(c2ccc(S(=O)Nc3ncns3)cc2)C1)C1C=Cc2c(F)cccc21.O.[HH].[HH]. The lowest BCUT2D eigenvalue weighted by molar-refractivity contribution is -0.125. The number of nitrogens with one attached hydrogen (secondary N) is 2. The molecule has 35 heavy (non-hydrogen) atoms. The molecule has 4 N–H and O–H groups in total. The van der Waals surface area contributed by atoms with Gasteiger partial charge in [-0.1, -0.05) is 31.2 Å². The predicted octanol–water partition coefficient (Wildman–Crippen LogP) is 3.62. The molecule has 2 heterocycles. The molecule has 1 aliphatic carbocycles. The average molecular weight is 520 g/mol. The van der Waals surface area contributed by atoms with Crippen LogP contribution in [0.1, 0.15) is 33.2 Å². The molecule has 0 radical (unpaired) electrons. The standard InChI is InChI=1S/C24H24FN5O2S2.H2O.2H2/c1-15(19-9-10-21-20(19)3-2-4-22(21)25)23(31)28-16-11-12-30(13-16)17-5-7-18(8-6-17)34(32)29-24-26-14-27-33-24;;;/h2-10,14-16,19H,11-13H2,1H3,(H,28,31)(H,26,27,29);1H2;2*1H/t15-,16+,19?,34?;;;/m0.../s1. The van der Waals surface area contributed by atoms with Gasteiger partial charge in [0.1, 0.15) is 12.1 Å². The zero-order valence-corrected chi connectivity index (χ0v) is 20.6. The van der Waals surface area contributed by atoms with E-state index in [4.69, 9.17) is 0 Å². The lowest BCUT2D eigenvalue weighted by atomic mass is 9.88. The summed E-state index contributed by atoms with van der Waals surface area (Å²) in [6.45, 7) is 3.42. The Morgan fingerprint density at radius 3 is 2.83 bits per heavy atom. The second-order valence-electron chi connectivity index (χ2n) is 8.47. The number of allylic oxidation sites excluding steroid dienone is 1. The van der Waals surface area contributed by atoms with Crippen LogP contribution >= 0.6 is 11.5 Å². The quantitative estimate of drug-likeness (QED) is 0.494. The van der Waals surface area contributed by atoms with Crippen molar-refractivity contribution in [1.82, 2.24) is 14.7 Å². The molecule has 5 rings (SSSR count). The van der Waals surface area contributed by atoms with Crippen LogP contribution in [-0.4, -0.2) is 44.1 Å². The van der Waals surface area contributed by atoms with E-state index >= 15 is 0 Å².